The number of sulfonamides is 1. The van der Waals surface area contributed by atoms with Crippen molar-refractivity contribution in [3.8, 4) is 5.75 Å². The number of furan rings is 1. The monoisotopic (exact) mass is 381 g/mol. The number of amides is 2. The lowest BCUT2D eigenvalue weighted by molar-refractivity contribution is -0.115. The van der Waals surface area contributed by atoms with Crippen molar-refractivity contribution in [1.82, 2.24) is 5.32 Å². The highest BCUT2D eigenvalue weighted by molar-refractivity contribution is 7.92. The molecule has 0 aliphatic carbocycles. The van der Waals surface area contributed by atoms with Crippen LogP contribution in [-0.2, 0) is 14.8 Å². The first-order chi connectivity index (χ1) is 12.3. The maximum Gasteiger partial charge on any atom is 0.254 e. The van der Waals surface area contributed by atoms with Crippen LogP contribution >= 0.6 is 0 Å². The number of hydrogen-bond donors (Lipinski definition) is 3. The molecule has 0 aliphatic rings. The number of methoxy groups -OCH3 is 1. The van der Waals surface area contributed by atoms with Crippen LogP contribution in [0.3, 0.4) is 0 Å². The van der Waals surface area contributed by atoms with E-state index in [-0.39, 0.29) is 23.7 Å². The van der Waals surface area contributed by atoms with Crippen molar-refractivity contribution in [2.75, 3.05) is 29.4 Å². The van der Waals surface area contributed by atoms with Gasteiger partial charge in [-0.25, -0.2) is 8.42 Å². The molecule has 10 heteroatoms. The molecule has 2 amide bonds. The van der Waals surface area contributed by atoms with Gasteiger partial charge in [-0.2, -0.15) is 0 Å². The number of nitrogens with one attached hydrogen (secondary N) is 3. The van der Waals surface area contributed by atoms with Crippen LogP contribution in [0.2, 0.25) is 0 Å². The molecule has 0 saturated carbocycles. The third-order valence-corrected chi connectivity index (χ3v) is 4.61. The molecule has 0 spiro atoms. The molecule has 0 radical (unpaired) electrons. The zero-order chi connectivity index (χ0) is 19.2. The third-order valence-electron chi connectivity index (χ3n) is 3.32. The van der Waals surface area contributed by atoms with Gasteiger partial charge < -0.3 is 19.8 Å². The van der Waals surface area contributed by atoms with E-state index in [1.165, 1.54) is 50.8 Å². The summed E-state index contributed by atoms with van der Waals surface area (Å²) in [5, 5.41) is 5.04. The Labute approximate surface area is 150 Å². The SMILES string of the molecule is CCS(=O)(=O)Nc1ccc(NC(=O)CNC(=O)c2ccoc2)cc1OC. The van der Waals surface area contributed by atoms with Gasteiger partial charge in [-0.05, 0) is 25.1 Å². The minimum atomic E-state index is -3.45. The summed E-state index contributed by atoms with van der Waals surface area (Å²) < 4.78 is 35.7. The summed E-state index contributed by atoms with van der Waals surface area (Å²) in [5.41, 5.74) is 0.969. The van der Waals surface area contributed by atoms with Gasteiger partial charge >= 0.3 is 0 Å². The Morgan fingerprint density at radius 2 is 2.00 bits per heavy atom. The highest BCUT2D eigenvalue weighted by Gasteiger charge is 2.13. The number of carbonyl (C=O) groups is 2. The first kappa shape index (κ1) is 19.3. The third kappa shape index (κ3) is 5.24. The van der Waals surface area contributed by atoms with Crippen molar-refractivity contribution in [3.05, 3.63) is 42.4 Å². The molecule has 2 aromatic rings. The smallest absolute Gasteiger partial charge is 0.254 e. The van der Waals surface area contributed by atoms with Gasteiger partial charge in [-0.1, -0.05) is 0 Å². The van der Waals surface area contributed by atoms with Crippen molar-refractivity contribution in [3.63, 3.8) is 0 Å². The van der Waals surface area contributed by atoms with E-state index in [0.29, 0.717) is 11.3 Å². The summed E-state index contributed by atoms with van der Waals surface area (Å²) in [4.78, 5) is 23.7. The van der Waals surface area contributed by atoms with Crippen molar-refractivity contribution in [2.45, 2.75) is 6.92 Å². The number of carbonyl (C=O) groups excluding carboxylic acids is 2. The minimum absolute atomic E-state index is 0.0784. The van der Waals surface area contributed by atoms with Crippen LogP contribution in [0.25, 0.3) is 0 Å². The van der Waals surface area contributed by atoms with Crippen molar-refractivity contribution in [1.29, 1.82) is 0 Å². The van der Waals surface area contributed by atoms with Crippen LogP contribution in [0.4, 0.5) is 11.4 Å². The summed E-state index contributed by atoms with van der Waals surface area (Å²) in [6.45, 7) is 1.28. The second-order valence-electron chi connectivity index (χ2n) is 5.16. The molecule has 1 aromatic carbocycles. The van der Waals surface area contributed by atoms with Gasteiger partial charge in [0.1, 0.15) is 12.0 Å². The standard InChI is InChI=1S/C16H19N3O6S/c1-3-26(22,23)19-13-5-4-12(8-14(13)24-2)18-15(20)9-17-16(21)11-6-7-25-10-11/h4-8,10,19H,3,9H2,1-2H3,(H,17,21)(H,18,20). The van der Waals surface area contributed by atoms with E-state index in [1.807, 2.05) is 0 Å². The lowest BCUT2D eigenvalue weighted by atomic mass is 10.2. The quantitative estimate of drug-likeness (QED) is 0.635. The molecule has 2 rings (SSSR count). The lowest BCUT2D eigenvalue weighted by Gasteiger charge is -2.13. The Kier molecular flexibility index (Phi) is 6.23. The maximum absolute atomic E-state index is 11.9. The van der Waals surface area contributed by atoms with Gasteiger partial charge in [0.2, 0.25) is 15.9 Å². The highest BCUT2D eigenvalue weighted by Crippen LogP contribution is 2.28. The average molecular weight is 381 g/mol. The minimum Gasteiger partial charge on any atom is -0.494 e. The van der Waals surface area contributed by atoms with Gasteiger partial charge in [0.25, 0.3) is 5.91 Å². The summed E-state index contributed by atoms with van der Waals surface area (Å²) >= 11 is 0. The number of hydrogen-bond acceptors (Lipinski definition) is 6. The zero-order valence-electron chi connectivity index (χ0n) is 14.2. The van der Waals surface area contributed by atoms with Crippen molar-refractivity contribution >= 4 is 33.2 Å². The molecule has 1 aromatic heterocycles. The van der Waals surface area contributed by atoms with E-state index in [9.17, 15) is 18.0 Å². The maximum atomic E-state index is 11.9. The van der Waals surface area contributed by atoms with Gasteiger partial charge in [0.15, 0.2) is 0 Å². The summed E-state index contributed by atoms with van der Waals surface area (Å²) in [6.07, 6.45) is 2.63. The van der Waals surface area contributed by atoms with Crippen LogP contribution in [0, 0.1) is 0 Å². The Balaban J connectivity index is 1.98. The summed E-state index contributed by atoms with van der Waals surface area (Å²) in [5.74, 6) is -0.714. The molecule has 3 N–H and O–H groups in total. The number of rotatable bonds is 8. The molecule has 0 fully saturated rings. The normalized spacial score (nSPS) is 10.8. The van der Waals surface area contributed by atoms with E-state index in [4.69, 9.17) is 9.15 Å². The molecule has 0 saturated heterocycles. The molecule has 0 bridgehead atoms. The predicted octanol–water partition coefficient (Wildman–Crippen LogP) is 1.42. The molecule has 0 aliphatic heterocycles. The Bertz CT molecular complexity index is 877. The molecular weight excluding hydrogens is 362 g/mol. The fraction of sp³-hybridized carbons (Fsp3) is 0.250. The highest BCUT2D eigenvalue weighted by atomic mass is 32.2. The molecule has 0 unspecified atom stereocenters. The van der Waals surface area contributed by atoms with Gasteiger partial charge in [0, 0.05) is 11.8 Å². The number of benzene rings is 1. The fourth-order valence-electron chi connectivity index (χ4n) is 1.95. The van der Waals surface area contributed by atoms with E-state index < -0.39 is 21.8 Å². The van der Waals surface area contributed by atoms with Gasteiger partial charge in [0.05, 0.1) is 36.9 Å². The van der Waals surface area contributed by atoms with E-state index in [0.717, 1.165) is 0 Å². The first-order valence-corrected chi connectivity index (χ1v) is 9.28. The zero-order valence-corrected chi connectivity index (χ0v) is 15.1. The average Bonchev–Trinajstić information content (AvgIpc) is 3.15. The van der Waals surface area contributed by atoms with E-state index in [2.05, 4.69) is 15.4 Å². The second kappa shape index (κ2) is 8.39. The Morgan fingerprint density at radius 1 is 1.23 bits per heavy atom. The van der Waals surface area contributed by atoms with Crippen LogP contribution in [0.1, 0.15) is 17.3 Å². The van der Waals surface area contributed by atoms with Gasteiger partial charge in [-0.3, -0.25) is 14.3 Å². The summed E-state index contributed by atoms with van der Waals surface area (Å²) in [7, 11) is -2.07. The largest absolute Gasteiger partial charge is 0.494 e. The van der Waals surface area contributed by atoms with E-state index >= 15 is 0 Å². The van der Waals surface area contributed by atoms with Gasteiger partial charge in [-0.15, -0.1) is 0 Å². The molecule has 1 heterocycles. The Morgan fingerprint density at radius 3 is 2.62 bits per heavy atom. The van der Waals surface area contributed by atoms with Crippen LogP contribution in [-0.4, -0.2) is 39.6 Å². The fourth-order valence-corrected chi connectivity index (χ4v) is 2.60. The van der Waals surface area contributed by atoms with Crippen LogP contribution in [0.5, 0.6) is 5.75 Å². The molecule has 9 nitrogen and oxygen atoms in total. The van der Waals surface area contributed by atoms with E-state index in [1.54, 1.807) is 0 Å². The molecule has 140 valence electrons. The molecular formula is C16H19N3O6S. The van der Waals surface area contributed by atoms with Crippen LogP contribution in [0.15, 0.2) is 41.2 Å². The lowest BCUT2D eigenvalue weighted by Crippen LogP contribution is -2.32. The number of ether oxygens (including phenoxy) is 1. The topological polar surface area (TPSA) is 127 Å². The first-order valence-electron chi connectivity index (χ1n) is 7.63. The Hall–Kier alpha value is -3.01. The van der Waals surface area contributed by atoms with Crippen molar-refractivity contribution < 1.29 is 27.2 Å². The predicted molar refractivity (Wildman–Crippen MR) is 95.7 cm³/mol. The molecule has 0 atom stereocenters. The molecule has 26 heavy (non-hydrogen) atoms. The second-order valence-corrected chi connectivity index (χ2v) is 7.17. The summed E-state index contributed by atoms with van der Waals surface area (Å²) in [6, 6.07) is 5.95. The van der Waals surface area contributed by atoms with Crippen molar-refractivity contribution in [2.24, 2.45) is 0 Å². The van der Waals surface area contributed by atoms with Crippen LogP contribution < -0.4 is 20.1 Å². The number of anilines is 2.